The van der Waals surface area contributed by atoms with E-state index in [1.165, 1.54) is 6.20 Å². The highest BCUT2D eigenvalue weighted by molar-refractivity contribution is 6.30. The predicted octanol–water partition coefficient (Wildman–Crippen LogP) is 1.16. The van der Waals surface area contributed by atoms with Crippen LogP contribution in [0.15, 0.2) is 15.8 Å². The summed E-state index contributed by atoms with van der Waals surface area (Å²) < 4.78 is 1.13. The number of aromatic amines is 1. The van der Waals surface area contributed by atoms with Crippen molar-refractivity contribution in [3.05, 3.63) is 32.1 Å². The summed E-state index contributed by atoms with van der Waals surface area (Å²) in [5.41, 5.74) is -0.844. The number of halogens is 1. The van der Waals surface area contributed by atoms with Crippen molar-refractivity contribution in [3.63, 3.8) is 0 Å². The van der Waals surface area contributed by atoms with E-state index in [9.17, 15) is 9.59 Å². The third-order valence-corrected chi connectivity index (χ3v) is 2.27. The van der Waals surface area contributed by atoms with Crippen molar-refractivity contribution in [2.24, 2.45) is 0 Å². The molecule has 0 fully saturated rings. The van der Waals surface area contributed by atoms with Crippen LogP contribution in [0.1, 0.15) is 26.3 Å². The fourth-order valence-corrected chi connectivity index (χ4v) is 1.19. The number of nitrogens with one attached hydrogen (secondary N) is 1. The second kappa shape index (κ2) is 3.79. The fourth-order valence-electron chi connectivity index (χ4n) is 1.05. The first-order valence-electron chi connectivity index (χ1n) is 4.07. The number of hydrogen-bond donors (Lipinski definition) is 1. The predicted molar refractivity (Wildman–Crippen MR) is 51.3 cm³/mol. The van der Waals surface area contributed by atoms with Crippen LogP contribution in [-0.4, -0.2) is 9.55 Å². The van der Waals surface area contributed by atoms with Gasteiger partial charge in [0.25, 0.3) is 5.56 Å². The Hall–Kier alpha value is -1.03. The van der Waals surface area contributed by atoms with Gasteiger partial charge in [-0.25, -0.2) is 4.79 Å². The van der Waals surface area contributed by atoms with E-state index in [2.05, 4.69) is 4.98 Å². The van der Waals surface area contributed by atoms with Crippen LogP contribution in [0, 0.1) is 0 Å². The Morgan fingerprint density at radius 3 is 2.77 bits per heavy atom. The monoisotopic (exact) mass is 202 g/mol. The van der Waals surface area contributed by atoms with E-state index in [0.29, 0.717) is 6.42 Å². The molecule has 1 aromatic heterocycles. The minimum Gasteiger partial charge on any atom is -0.312 e. The highest BCUT2D eigenvalue weighted by atomic mass is 35.5. The molecule has 72 valence electrons. The molecule has 1 heterocycles. The zero-order valence-electron chi connectivity index (χ0n) is 7.50. The SMILES string of the molecule is CCC(C)n1c(=O)[nH]cc(Cl)c1=O. The molecule has 1 unspecified atom stereocenters. The van der Waals surface area contributed by atoms with Crippen LogP contribution in [0.5, 0.6) is 0 Å². The molecule has 0 saturated carbocycles. The van der Waals surface area contributed by atoms with Crippen LogP contribution >= 0.6 is 11.6 Å². The summed E-state index contributed by atoms with van der Waals surface area (Å²) in [5, 5.41) is 0.0416. The molecule has 4 nitrogen and oxygen atoms in total. The standard InChI is InChI=1S/C8H11ClN2O2/c1-3-5(2)11-7(12)6(9)4-10-8(11)13/h4-5H,3H2,1-2H3,(H,10,13). The summed E-state index contributed by atoms with van der Waals surface area (Å²) in [4.78, 5) is 25.0. The summed E-state index contributed by atoms with van der Waals surface area (Å²) in [6.07, 6.45) is 1.93. The van der Waals surface area contributed by atoms with Gasteiger partial charge in [-0.1, -0.05) is 18.5 Å². The van der Waals surface area contributed by atoms with Gasteiger partial charge in [0.1, 0.15) is 5.02 Å². The molecule has 0 spiro atoms. The summed E-state index contributed by atoms with van der Waals surface area (Å²) in [6, 6.07) is -0.130. The molecule has 0 aliphatic heterocycles. The van der Waals surface area contributed by atoms with Crippen LogP contribution in [0.4, 0.5) is 0 Å². The molecule has 0 radical (unpaired) electrons. The maximum Gasteiger partial charge on any atom is 0.328 e. The Balaban J connectivity index is 3.43. The van der Waals surface area contributed by atoms with E-state index in [1.807, 2.05) is 6.92 Å². The first-order valence-corrected chi connectivity index (χ1v) is 4.45. The molecule has 0 amide bonds. The van der Waals surface area contributed by atoms with E-state index in [0.717, 1.165) is 4.57 Å². The number of hydrogen-bond acceptors (Lipinski definition) is 2. The van der Waals surface area contributed by atoms with Gasteiger partial charge < -0.3 is 4.98 Å². The Morgan fingerprint density at radius 2 is 2.23 bits per heavy atom. The summed E-state index contributed by atoms with van der Waals surface area (Å²) >= 11 is 5.58. The van der Waals surface area contributed by atoms with Crippen molar-refractivity contribution < 1.29 is 0 Å². The largest absolute Gasteiger partial charge is 0.328 e. The maximum atomic E-state index is 11.4. The molecule has 0 aromatic carbocycles. The van der Waals surface area contributed by atoms with Gasteiger partial charge in [-0.15, -0.1) is 0 Å². The molecular formula is C8H11ClN2O2. The van der Waals surface area contributed by atoms with Crippen molar-refractivity contribution in [3.8, 4) is 0 Å². The number of rotatable bonds is 2. The number of nitrogens with zero attached hydrogens (tertiary/aromatic N) is 1. The lowest BCUT2D eigenvalue weighted by atomic mass is 10.2. The Bertz CT molecular complexity index is 407. The van der Waals surface area contributed by atoms with Gasteiger partial charge in [-0.05, 0) is 13.3 Å². The first kappa shape index (κ1) is 10.1. The average molecular weight is 203 g/mol. The average Bonchev–Trinajstić information content (AvgIpc) is 2.12. The van der Waals surface area contributed by atoms with E-state index >= 15 is 0 Å². The number of aromatic nitrogens is 2. The highest BCUT2D eigenvalue weighted by Crippen LogP contribution is 2.04. The van der Waals surface area contributed by atoms with Crippen molar-refractivity contribution in [2.75, 3.05) is 0 Å². The first-order chi connectivity index (χ1) is 6.07. The Morgan fingerprint density at radius 1 is 1.62 bits per heavy atom. The van der Waals surface area contributed by atoms with Gasteiger partial charge >= 0.3 is 5.69 Å². The molecule has 13 heavy (non-hydrogen) atoms. The van der Waals surface area contributed by atoms with E-state index in [4.69, 9.17) is 11.6 Å². The van der Waals surface area contributed by atoms with E-state index in [-0.39, 0.29) is 11.1 Å². The van der Waals surface area contributed by atoms with Crippen molar-refractivity contribution in [1.82, 2.24) is 9.55 Å². The summed E-state index contributed by atoms with van der Waals surface area (Å²) in [7, 11) is 0. The third-order valence-electron chi connectivity index (χ3n) is 2.00. The minimum atomic E-state index is -0.431. The van der Waals surface area contributed by atoms with Gasteiger partial charge in [0, 0.05) is 12.2 Å². The molecule has 1 aromatic rings. The quantitative estimate of drug-likeness (QED) is 0.783. The molecule has 0 aliphatic carbocycles. The summed E-state index contributed by atoms with van der Waals surface area (Å²) in [5.74, 6) is 0. The molecule has 1 rings (SSSR count). The van der Waals surface area contributed by atoms with Gasteiger partial charge in [0.2, 0.25) is 0 Å². The van der Waals surface area contributed by atoms with Crippen molar-refractivity contribution in [1.29, 1.82) is 0 Å². The zero-order chi connectivity index (χ0) is 10.0. The van der Waals surface area contributed by atoms with Crippen LogP contribution < -0.4 is 11.2 Å². The minimum absolute atomic E-state index is 0.0416. The lowest BCUT2D eigenvalue weighted by Crippen LogP contribution is -2.36. The van der Waals surface area contributed by atoms with Crippen LogP contribution in [0.2, 0.25) is 5.02 Å². The van der Waals surface area contributed by atoms with Crippen molar-refractivity contribution >= 4 is 11.6 Å². The normalized spacial score (nSPS) is 12.8. The van der Waals surface area contributed by atoms with Gasteiger partial charge in [-0.2, -0.15) is 0 Å². The second-order valence-electron chi connectivity index (χ2n) is 2.87. The van der Waals surface area contributed by atoms with Crippen LogP contribution in [-0.2, 0) is 0 Å². The van der Waals surface area contributed by atoms with Gasteiger partial charge in [-0.3, -0.25) is 9.36 Å². The summed E-state index contributed by atoms with van der Waals surface area (Å²) in [6.45, 7) is 3.70. The zero-order valence-corrected chi connectivity index (χ0v) is 8.26. The highest BCUT2D eigenvalue weighted by Gasteiger charge is 2.10. The van der Waals surface area contributed by atoms with E-state index in [1.54, 1.807) is 6.92 Å². The Labute approximate surface area is 80.2 Å². The smallest absolute Gasteiger partial charge is 0.312 e. The molecular weight excluding hydrogens is 192 g/mol. The maximum absolute atomic E-state index is 11.4. The van der Waals surface area contributed by atoms with Crippen LogP contribution in [0.3, 0.4) is 0 Å². The third kappa shape index (κ3) is 1.83. The van der Waals surface area contributed by atoms with Gasteiger partial charge in [0.05, 0.1) is 0 Å². The second-order valence-corrected chi connectivity index (χ2v) is 3.28. The number of H-pyrrole nitrogens is 1. The molecule has 1 atom stereocenters. The molecule has 0 saturated heterocycles. The van der Waals surface area contributed by atoms with E-state index < -0.39 is 11.2 Å². The van der Waals surface area contributed by atoms with Gasteiger partial charge in [0.15, 0.2) is 0 Å². The molecule has 1 N–H and O–H groups in total. The lowest BCUT2D eigenvalue weighted by Gasteiger charge is -2.10. The van der Waals surface area contributed by atoms with Crippen LogP contribution in [0.25, 0.3) is 0 Å². The molecule has 0 aliphatic rings. The topological polar surface area (TPSA) is 54.9 Å². The van der Waals surface area contributed by atoms with Crippen molar-refractivity contribution in [2.45, 2.75) is 26.3 Å². The molecule has 5 heteroatoms. The lowest BCUT2D eigenvalue weighted by molar-refractivity contribution is 0.490. The molecule has 0 bridgehead atoms. The Kier molecular flexibility index (Phi) is 2.93. The fraction of sp³-hybridized carbons (Fsp3) is 0.500.